The Bertz CT molecular complexity index is 1760. The summed E-state index contributed by atoms with van der Waals surface area (Å²) in [6.45, 7) is 8.90. The minimum atomic E-state index is -0.936. The molecule has 3 aromatic carbocycles. The Morgan fingerprint density at radius 1 is 1.07 bits per heavy atom. The first kappa shape index (κ1) is 28.7. The van der Waals surface area contributed by atoms with Gasteiger partial charge in [-0.25, -0.2) is 4.98 Å². The van der Waals surface area contributed by atoms with Crippen molar-refractivity contribution < 1.29 is 28.9 Å². The standard InChI is InChI=1S/C34H34N2O6S/c1-5-7-14-41-26-13-9-21(18-27(26)40-6-2)30-29(31(37)22-10-12-25-23(17-22)16-20(4)42-25)32(38)33(39)36(30)34-35-24-11-8-19(3)15-28(24)43-34/h8-13,15,17-18,20,30,37H,5-7,14,16H2,1-4H3/b31-29+/t20-,30+/m1/s1. The number of ketones is 1. The number of aliphatic hydroxyl groups is 1. The lowest BCUT2D eigenvalue weighted by atomic mass is 9.94. The third-order valence-corrected chi connectivity index (χ3v) is 8.71. The largest absolute Gasteiger partial charge is 0.507 e. The number of thiazole rings is 1. The van der Waals surface area contributed by atoms with E-state index in [-0.39, 0.29) is 17.4 Å². The minimum Gasteiger partial charge on any atom is -0.507 e. The fourth-order valence-corrected chi connectivity index (χ4v) is 6.69. The lowest BCUT2D eigenvalue weighted by molar-refractivity contribution is -0.132. The molecule has 0 unspecified atom stereocenters. The third kappa shape index (κ3) is 5.33. The van der Waals surface area contributed by atoms with Gasteiger partial charge in [0.15, 0.2) is 16.6 Å². The Morgan fingerprint density at radius 2 is 1.91 bits per heavy atom. The highest BCUT2D eigenvalue weighted by Crippen LogP contribution is 2.46. The van der Waals surface area contributed by atoms with Crippen LogP contribution >= 0.6 is 11.3 Å². The van der Waals surface area contributed by atoms with Gasteiger partial charge in [0.2, 0.25) is 0 Å². The van der Waals surface area contributed by atoms with Crippen molar-refractivity contribution in [3.8, 4) is 17.2 Å². The van der Waals surface area contributed by atoms with Crippen LogP contribution in [0, 0.1) is 6.92 Å². The lowest BCUT2D eigenvalue weighted by Crippen LogP contribution is -2.29. The van der Waals surface area contributed by atoms with Crippen LogP contribution in [0.25, 0.3) is 16.0 Å². The summed E-state index contributed by atoms with van der Waals surface area (Å²) in [4.78, 5) is 33.7. The smallest absolute Gasteiger partial charge is 0.301 e. The van der Waals surface area contributed by atoms with Crippen LogP contribution in [-0.4, -0.2) is 41.1 Å². The number of carbonyl (C=O) groups excluding carboxylic acids is 2. The van der Waals surface area contributed by atoms with Gasteiger partial charge < -0.3 is 19.3 Å². The van der Waals surface area contributed by atoms with E-state index in [1.165, 1.54) is 16.2 Å². The average molecular weight is 599 g/mol. The van der Waals surface area contributed by atoms with Crippen molar-refractivity contribution in [1.82, 2.24) is 4.98 Å². The summed E-state index contributed by atoms with van der Waals surface area (Å²) in [5.41, 5.74) is 3.78. The molecule has 0 aliphatic carbocycles. The third-order valence-electron chi connectivity index (χ3n) is 7.69. The van der Waals surface area contributed by atoms with Gasteiger partial charge in [-0.2, -0.15) is 0 Å². The van der Waals surface area contributed by atoms with Crippen LogP contribution in [0.1, 0.15) is 61.9 Å². The monoisotopic (exact) mass is 598 g/mol. The highest BCUT2D eigenvalue weighted by Gasteiger charge is 2.48. The Balaban J connectivity index is 1.51. The number of Topliss-reactive ketones (excluding diaryl/α,β-unsaturated/α-hetero) is 1. The number of aryl methyl sites for hydroxylation is 1. The van der Waals surface area contributed by atoms with Gasteiger partial charge in [-0.1, -0.05) is 36.8 Å². The van der Waals surface area contributed by atoms with Crippen LogP contribution in [0.4, 0.5) is 5.13 Å². The molecule has 222 valence electrons. The number of hydrogen-bond acceptors (Lipinski definition) is 8. The second-order valence-electron chi connectivity index (χ2n) is 10.9. The first-order chi connectivity index (χ1) is 20.8. The van der Waals surface area contributed by atoms with Gasteiger partial charge in [-0.3, -0.25) is 14.5 Å². The number of benzene rings is 3. The number of fused-ring (bicyclic) bond motifs is 2. The van der Waals surface area contributed by atoms with Gasteiger partial charge in [0.25, 0.3) is 5.78 Å². The maximum atomic E-state index is 13.8. The van der Waals surface area contributed by atoms with Gasteiger partial charge in [0.1, 0.15) is 17.6 Å². The molecule has 2 aliphatic heterocycles. The Morgan fingerprint density at radius 3 is 2.70 bits per heavy atom. The molecule has 4 aromatic rings. The molecule has 1 N–H and O–H groups in total. The Labute approximate surface area is 254 Å². The number of nitrogens with zero attached hydrogens (tertiary/aromatic N) is 2. The first-order valence-corrected chi connectivity index (χ1v) is 15.5. The van der Waals surface area contributed by atoms with Crippen molar-refractivity contribution in [3.63, 3.8) is 0 Å². The maximum Gasteiger partial charge on any atom is 0.301 e. The molecule has 1 fully saturated rings. The zero-order valence-corrected chi connectivity index (χ0v) is 25.5. The minimum absolute atomic E-state index is 0.00514. The second-order valence-corrected chi connectivity index (χ2v) is 11.9. The fourth-order valence-electron chi connectivity index (χ4n) is 5.60. The Kier molecular flexibility index (Phi) is 7.83. The van der Waals surface area contributed by atoms with Crippen LogP contribution in [-0.2, 0) is 16.0 Å². The number of aliphatic hydroxyl groups excluding tert-OH is 1. The van der Waals surface area contributed by atoms with Crippen molar-refractivity contribution in [2.45, 2.75) is 59.1 Å². The van der Waals surface area contributed by atoms with Crippen molar-refractivity contribution in [2.24, 2.45) is 0 Å². The van der Waals surface area contributed by atoms with Crippen molar-refractivity contribution >= 4 is 44.1 Å². The summed E-state index contributed by atoms with van der Waals surface area (Å²) in [5, 5.41) is 12.1. The SMILES string of the molecule is CCCCOc1ccc([C@H]2/C(=C(\O)c3ccc4c(c3)C[C@@H](C)O4)C(=O)C(=O)N2c2nc3ccc(C)cc3s2)cc1OCC. The van der Waals surface area contributed by atoms with Crippen molar-refractivity contribution in [1.29, 1.82) is 0 Å². The number of carbonyl (C=O) groups is 2. The molecule has 0 saturated carbocycles. The molecular weight excluding hydrogens is 564 g/mol. The fraction of sp³-hybridized carbons (Fsp3) is 0.324. The number of amides is 1. The van der Waals surface area contributed by atoms with Crippen LogP contribution < -0.4 is 19.1 Å². The normalized spacial score (nSPS) is 19.1. The summed E-state index contributed by atoms with van der Waals surface area (Å²) in [7, 11) is 0. The quantitative estimate of drug-likeness (QED) is 0.0947. The topological polar surface area (TPSA) is 98.2 Å². The summed E-state index contributed by atoms with van der Waals surface area (Å²) in [6.07, 6.45) is 2.61. The van der Waals surface area contributed by atoms with Crippen molar-refractivity contribution in [3.05, 3.63) is 82.4 Å². The molecule has 9 heteroatoms. The first-order valence-electron chi connectivity index (χ1n) is 14.7. The van der Waals surface area contributed by atoms with E-state index in [2.05, 4.69) is 6.92 Å². The zero-order valence-electron chi connectivity index (χ0n) is 24.7. The van der Waals surface area contributed by atoms with Gasteiger partial charge in [0, 0.05) is 12.0 Å². The highest BCUT2D eigenvalue weighted by molar-refractivity contribution is 7.22. The molecule has 8 nitrogen and oxygen atoms in total. The van der Waals surface area contributed by atoms with E-state index in [9.17, 15) is 14.7 Å². The summed E-state index contributed by atoms with van der Waals surface area (Å²) >= 11 is 1.34. The van der Waals surface area contributed by atoms with E-state index in [4.69, 9.17) is 19.2 Å². The van der Waals surface area contributed by atoms with E-state index in [0.29, 0.717) is 47.4 Å². The Hall–Kier alpha value is -4.37. The van der Waals surface area contributed by atoms with Crippen molar-refractivity contribution in [2.75, 3.05) is 18.1 Å². The van der Waals surface area contributed by atoms with Gasteiger partial charge in [-0.05, 0) is 86.3 Å². The summed E-state index contributed by atoms with van der Waals surface area (Å²) < 4.78 is 18.7. The molecule has 0 radical (unpaired) electrons. The molecule has 1 aromatic heterocycles. The van der Waals surface area contributed by atoms with E-state index in [1.807, 2.05) is 51.1 Å². The predicted octanol–water partition coefficient (Wildman–Crippen LogP) is 7.13. The number of rotatable bonds is 9. The molecule has 2 aliphatic rings. The van der Waals surface area contributed by atoms with Gasteiger partial charge in [0.05, 0.1) is 35.0 Å². The van der Waals surface area contributed by atoms with Gasteiger partial charge >= 0.3 is 5.91 Å². The number of hydrogen-bond donors (Lipinski definition) is 1. The van der Waals surface area contributed by atoms with E-state index in [1.54, 1.807) is 24.3 Å². The molecule has 0 spiro atoms. The molecule has 6 rings (SSSR count). The molecule has 3 heterocycles. The molecule has 1 saturated heterocycles. The molecule has 1 amide bonds. The predicted molar refractivity (Wildman–Crippen MR) is 167 cm³/mol. The van der Waals surface area contributed by atoms with Crippen LogP contribution in [0.2, 0.25) is 0 Å². The highest BCUT2D eigenvalue weighted by atomic mass is 32.1. The van der Waals surface area contributed by atoms with E-state index < -0.39 is 17.7 Å². The van der Waals surface area contributed by atoms with Gasteiger partial charge in [-0.15, -0.1) is 0 Å². The van der Waals surface area contributed by atoms with Crippen LogP contribution in [0.5, 0.6) is 17.2 Å². The molecule has 2 atom stereocenters. The average Bonchev–Trinajstić information content (AvgIpc) is 3.65. The van der Waals surface area contributed by atoms with E-state index in [0.717, 1.165) is 39.9 Å². The number of ether oxygens (including phenoxy) is 3. The van der Waals surface area contributed by atoms with Crippen LogP contribution in [0.15, 0.2) is 60.2 Å². The second kappa shape index (κ2) is 11.7. The van der Waals surface area contributed by atoms with E-state index >= 15 is 0 Å². The zero-order chi connectivity index (χ0) is 30.2. The number of unbranched alkanes of at least 4 members (excludes halogenated alkanes) is 1. The number of anilines is 1. The summed E-state index contributed by atoms with van der Waals surface area (Å²) in [5.74, 6) is 0.0766. The molecule has 43 heavy (non-hydrogen) atoms. The summed E-state index contributed by atoms with van der Waals surface area (Å²) in [6, 6.07) is 15.7. The maximum absolute atomic E-state index is 13.8. The lowest BCUT2D eigenvalue weighted by Gasteiger charge is -2.24. The number of aromatic nitrogens is 1. The molecule has 0 bridgehead atoms. The van der Waals surface area contributed by atoms with Crippen LogP contribution in [0.3, 0.4) is 0 Å². The molecular formula is C34H34N2O6S.